The molecule has 4 N–H and O–H groups in total. The molecule has 0 saturated carbocycles. The molecule has 0 aromatic heterocycles. The van der Waals surface area contributed by atoms with E-state index < -0.39 is 46.7 Å². The summed E-state index contributed by atoms with van der Waals surface area (Å²) in [7, 11) is 0. The molecule has 0 spiro atoms. The molecule has 9 heteroatoms. The predicted octanol–water partition coefficient (Wildman–Crippen LogP) is 3.74. The highest BCUT2D eigenvalue weighted by molar-refractivity contribution is 5.93. The maximum atomic E-state index is 14.1. The largest absolute Gasteiger partial charge is 0.444 e. The molecule has 9 nitrogen and oxygen atoms in total. The van der Waals surface area contributed by atoms with Crippen LogP contribution >= 0.6 is 0 Å². The van der Waals surface area contributed by atoms with Gasteiger partial charge in [0, 0.05) is 17.5 Å². The lowest BCUT2D eigenvalue weighted by atomic mass is 9.93. The summed E-state index contributed by atoms with van der Waals surface area (Å²) in [5.74, 6) is -1.49. The van der Waals surface area contributed by atoms with Crippen molar-refractivity contribution in [2.45, 2.75) is 111 Å². The minimum atomic E-state index is -1.14. The Morgan fingerprint density at radius 1 is 1.00 bits per heavy atom. The number of benzene rings is 1. The van der Waals surface area contributed by atoms with Crippen LogP contribution in [0, 0.1) is 6.92 Å². The molecule has 0 aliphatic heterocycles. The van der Waals surface area contributed by atoms with Gasteiger partial charge in [0.1, 0.15) is 17.7 Å². The number of nitrogens with zero attached hydrogens (tertiary/aromatic N) is 1. The molecule has 2 atom stereocenters. The zero-order valence-electron chi connectivity index (χ0n) is 23.4. The molecular formula is C27H44N4O5. The Hall–Kier alpha value is -3.10. The molecule has 2 unspecified atom stereocenters. The zero-order valence-corrected chi connectivity index (χ0v) is 23.4. The van der Waals surface area contributed by atoms with Crippen molar-refractivity contribution < 1.29 is 23.9 Å². The lowest BCUT2D eigenvalue weighted by Crippen LogP contribution is -2.59. The third kappa shape index (κ3) is 10.3. The van der Waals surface area contributed by atoms with Gasteiger partial charge >= 0.3 is 6.09 Å². The van der Waals surface area contributed by atoms with Crippen molar-refractivity contribution in [3.05, 3.63) is 35.4 Å². The minimum Gasteiger partial charge on any atom is -0.444 e. The quantitative estimate of drug-likeness (QED) is 0.496. The molecule has 0 aliphatic rings. The first-order valence-electron chi connectivity index (χ1n) is 12.2. The number of hydrogen-bond donors (Lipinski definition) is 3. The predicted molar refractivity (Wildman–Crippen MR) is 140 cm³/mol. The van der Waals surface area contributed by atoms with Crippen LogP contribution in [0.2, 0.25) is 0 Å². The number of alkyl carbamates (subject to hydrolysis) is 1. The fraction of sp³-hybridized carbons (Fsp3) is 0.630. The summed E-state index contributed by atoms with van der Waals surface area (Å²) in [4.78, 5) is 53.4. The number of aryl methyl sites for hydroxylation is 1. The molecule has 4 amide bonds. The number of hydrogen-bond acceptors (Lipinski definition) is 5. The molecule has 1 aromatic rings. The average Bonchev–Trinajstić information content (AvgIpc) is 2.64. The molecule has 0 radical (unpaired) electrons. The van der Waals surface area contributed by atoms with E-state index in [-0.39, 0.29) is 18.7 Å². The highest BCUT2D eigenvalue weighted by Crippen LogP contribution is 2.31. The van der Waals surface area contributed by atoms with Gasteiger partial charge in [0.2, 0.25) is 17.7 Å². The fourth-order valence-corrected chi connectivity index (χ4v) is 3.70. The molecular weight excluding hydrogens is 460 g/mol. The van der Waals surface area contributed by atoms with Gasteiger partial charge in [-0.25, -0.2) is 4.79 Å². The van der Waals surface area contributed by atoms with Gasteiger partial charge in [0.05, 0.1) is 0 Å². The number of nitrogens with one attached hydrogen (secondary N) is 2. The summed E-state index contributed by atoms with van der Waals surface area (Å²) >= 11 is 0. The van der Waals surface area contributed by atoms with Gasteiger partial charge in [-0.15, -0.1) is 0 Å². The van der Waals surface area contributed by atoms with Crippen LogP contribution in [0.1, 0.15) is 92.3 Å². The number of carbonyl (C=O) groups excluding carboxylic acids is 4. The zero-order chi connectivity index (χ0) is 28.1. The SMILES string of the molecule is Cc1cccc(C(C(=O)NC(C)(C)C)N(C(=O)C(CCC(N)=O)NC(=O)OC(C)(C)C)C(C)(C)C)c1. The highest BCUT2D eigenvalue weighted by atomic mass is 16.6. The van der Waals surface area contributed by atoms with Gasteiger partial charge in [-0.1, -0.05) is 29.8 Å². The van der Waals surface area contributed by atoms with E-state index in [2.05, 4.69) is 10.6 Å². The van der Waals surface area contributed by atoms with Crippen LogP contribution in [-0.4, -0.2) is 51.4 Å². The van der Waals surface area contributed by atoms with Crippen molar-refractivity contribution in [1.82, 2.24) is 15.5 Å². The van der Waals surface area contributed by atoms with Crippen LogP contribution in [-0.2, 0) is 19.1 Å². The van der Waals surface area contributed by atoms with Crippen LogP contribution in [0.25, 0.3) is 0 Å². The van der Waals surface area contributed by atoms with E-state index in [9.17, 15) is 19.2 Å². The van der Waals surface area contributed by atoms with Crippen molar-refractivity contribution in [3.63, 3.8) is 0 Å². The van der Waals surface area contributed by atoms with E-state index in [1.165, 1.54) is 4.90 Å². The van der Waals surface area contributed by atoms with Crippen LogP contribution in [0.5, 0.6) is 0 Å². The molecule has 202 valence electrons. The molecule has 0 fully saturated rings. The minimum absolute atomic E-state index is 0.0403. The van der Waals surface area contributed by atoms with E-state index in [1.54, 1.807) is 26.8 Å². The molecule has 1 rings (SSSR count). The normalized spacial score (nSPS) is 13.8. The first-order valence-corrected chi connectivity index (χ1v) is 12.2. The second-order valence-corrected chi connectivity index (χ2v) is 12.1. The van der Waals surface area contributed by atoms with Gasteiger partial charge in [-0.2, -0.15) is 0 Å². The summed E-state index contributed by atoms with van der Waals surface area (Å²) in [6.45, 7) is 18.1. The topological polar surface area (TPSA) is 131 Å². The Morgan fingerprint density at radius 2 is 1.58 bits per heavy atom. The van der Waals surface area contributed by atoms with E-state index in [1.807, 2.05) is 66.7 Å². The van der Waals surface area contributed by atoms with Crippen molar-refractivity contribution in [3.8, 4) is 0 Å². The maximum Gasteiger partial charge on any atom is 0.408 e. The van der Waals surface area contributed by atoms with Crippen molar-refractivity contribution in [2.75, 3.05) is 0 Å². The number of rotatable bonds is 8. The maximum absolute atomic E-state index is 14.1. The van der Waals surface area contributed by atoms with Crippen molar-refractivity contribution >= 4 is 23.8 Å². The van der Waals surface area contributed by atoms with Crippen molar-refractivity contribution in [2.24, 2.45) is 5.73 Å². The lowest BCUT2D eigenvalue weighted by molar-refractivity contribution is -0.149. The van der Waals surface area contributed by atoms with E-state index in [0.717, 1.165) is 5.56 Å². The second-order valence-electron chi connectivity index (χ2n) is 12.1. The van der Waals surface area contributed by atoms with Crippen LogP contribution in [0.15, 0.2) is 24.3 Å². The summed E-state index contributed by atoms with van der Waals surface area (Å²) in [5.41, 5.74) is 4.74. The van der Waals surface area contributed by atoms with Gasteiger partial charge in [0.15, 0.2) is 0 Å². The Balaban J connectivity index is 3.61. The molecule has 0 heterocycles. The lowest BCUT2D eigenvalue weighted by Gasteiger charge is -2.43. The van der Waals surface area contributed by atoms with Crippen molar-refractivity contribution in [1.29, 1.82) is 0 Å². The number of amides is 4. The number of carbonyl (C=O) groups is 4. The van der Waals surface area contributed by atoms with E-state index in [0.29, 0.717) is 5.56 Å². The molecule has 0 saturated heterocycles. The third-order valence-electron chi connectivity index (χ3n) is 4.99. The number of nitrogens with two attached hydrogens (primary N) is 1. The molecule has 1 aromatic carbocycles. The van der Waals surface area contributed by atoms with Gasteiger partial charge in [-0.3, -0.25) is 14.4 Å². The Kier molecular flexibility index (Phi) is 10.1. The van der Waals surface area contributed by atoms with E-state index >= 15 is 0 Å². The molecule has 0 aliphatic carbocycles. The smallest absolute Gasteiger partial charge is 0.408 e. The van der Waals surface area contributed by atoms with Gasteiger partial charge in [0.25, 0.3) is 0 Å². The van der Waals surface area contributed by atoms with Crippen LogP contribution in [0.3, 0.4) is 0 Å². The fourth-order valence-electron chi connectivity index (χ4n) is 3.70. The van der Waals surface area contributed by atoms with Crippen LogP contribution < -0.4 is 16.4 Å². The van der Waals surface area contributed by atoms with E-state index in [4.69, 9.17) is 10.5 Å². The number of primary amides is 1. The Labute approximate surface area is 215 Å². The standard InChI is InChI=1S/C27H44N4O5/c1-17-12-11-13-18(16-17)21(22(33)30-25(2,3)4)31(26(5,6)7)23(34)19(14-15-20(28)32)29-24(35)36-27(8,9)10/h11-13,16,19,21H,14-15H2,1-10H3,(H2,28,32)(H,29,35)(H,30,33). The summed E-state index contributed by atoms with van der Waals surface area (Å²) in [6.07, 6.45) is -0.972. The second kappa shape index (κ2) is 11.8. The molecule has 36 heavy (non-hydrogen) atoms. The highest BCUT2D eigenvalue weighted by Gasteiger charge is 2.42. The first kappa shape index (κ1) is 30.9. The first-order chi connectivity index (χ1) is 16.2. The summed E-state index contributed by atoms with van der Waals surface area (Å²) in [6, 6.07) is 5.27. The molecule has 0 bridgehead atoms. The average molecular weight is 505 g/mol. The third-order valence-corrected chi connectivity index (χ3v) is 4.99. The monoisotopic (exact) mass is 504 g/mol. The van der Waals surface area contributed by atoms with Crippen LogP contribution in [0.4, 0.5) is 4.79 Å². The number of ether oxygens (including phenoxy) is 1. The van der Waals surface area contributed by atoms with Gasteiger partial charge < -0.3 is 26.0 Å². The van der Waals surface area contributed by atoms with Gasteiger partial charge in [-0.05, 0) is 81.2 Å². The Morgan fingerprint density at radius 3 is 2.03 bits per heavy atom. The summed E-state index contributed by atoms with van der Waals surface area (Å²) < 4.78 is 5.35. The summed E-state index contributed by atoms with van der Waals surface area (Å²) in [5, 5.41) is 5.58. The Bertz CT molecular complexity index is 954.